The van der Waals surface area contributed by atoms with Crippen LogP contribution < -0.4 is 5.32 Å². The van der Waals surface area contributed by atoms with Crippen molar-refractivity contribution in [1.29, 1.82) is 0 Å². The lowest BCUT2D eigenvalue weighted by Crippen LogP contribution is -2.42. The van der Waals surface area contributed by atoms with Gasteiger partial charge in [-0.3, -0.25) is 4.79 Å². The van der Waals surface area contributed by atoms with E-state index in [0.717, 1.165) is 43.7 Å². The van der Waals surface area contributed by atoms with Crippen molar-refractivity contribution in [1.82, 2.24) is 10.2 Å². The molecule has 4 heteroatoms. The van der Waals surface area contributed by atoms with Crippen molar-refractivity contribution < 1.29 is 9.21 Å². The number of amides is 1. The number of aryl methyl sites for hydroxylation is 2. The molecule has 0 spiro atoms. The summed E-state index contributed by atoms with van der Waals surface area (Å²) in [6, 6.07) is 2.67. The lowest BCUT2D eigenvalue weighted by molar-refractivity contribution is 0.0645. The van der Waals surface area contributed by atoms with Gasteiger partial charge in [-0.25, -0.2) is 0 Å². The molecule has 1 amide bonds. The topological polar surface area (TPSA) is 45.5 Å². The van der Waals surface area contributed by atoms with Crippen LogP contribution in [0.15, 0.2) is 10.5 Å². The van der Waals surface area contributed by atoms with Gasteiger partial charge in [-0.15, -0.1) is 0 Å². The standard InChI is InChI=1S/C14H20N2O2/c1-9-7-10(2)18-13(9)14(17)16-11-3-4-12(16)8-15-6-5-11/h7,11-12,15H,3-6,8H2,1-2H3. The van der Waals surface area contributed by atoms with Crippen LogP contribution in [-0.2, 0) is 0 Å². The zero-order valence-corrected chi connectivity index (χ0v) is 11.0. The van der Waals surface area contributed by atoms with Crippen LogP contribution in [0.2, 0.25) is 0 Å². The fourth-order valence-corrected chi connectivity index (χ4v) is 3.28. The van der Waals surface area contributed by atoms with E-state index >= 15 is 0 Å². The second kappa shape index (κ2) is 4.43. The molecule has 0 radical (unpaired) electrons. The highest BCUT2D eigenvalue weighted by atomic mass is 16.4. The number of nitrogens with zero attached hydrogens (tertiary/aromatic N) is 1. The Morgan fingerprint density at radius 1 is 1.33 bits per heavy atom. The summed E-state index contributed by atoms with van der Waals surface area (Å²) in [5.74, 6) is 1.43. The predicted octanol–water partition coefficient (Wildman–Crippen LogP) is 1.86. The molecule has 2 fully saturated rings. The maximum atomic E-state index is 12.7. The van der Waals surface area contributed by atoms with E-state index in [0.29, 0.717) is 17.8 Å². The maximum Gasteiger partial charge on any atom is 0.290 e. The molecule has 2 aliphatic heterocycles. The van der Waals surface area contributed by atoms with Crippen LogP contribution in [-0.4, -0.2) is 36.0 Å². The molecule has 3 heterocycles. The average molecular weight is 248 g/mol. The first kappa shape index (κ1) is 11.8. The number of furan rings is 1. The van der Waals surface area contributed by atoms with Crippen molar-refractivity contribution in [2.75, 3.05) is 13.1 Å². The van der Waals surface area contributed by atoms with Gasteiger partial charge in [0, 0.05) is 24.2 Å². The summed E-state index contributed by atoms with van der Waals surface area (Å²) in [6.45, 7) is 5.77. The monoisotopic (exact) mass is 248 g/mol. The van der Waals surface area contributed by atoms with E-state index < -0.39 is 0 Å². The number of hydrogen-bond acceptors (Lipinski definition) is 3. The second-order valence-corrected chi connectivity index (χ2v) is 5.46. The molecule has 2 aliphatic rings. The SMILES string of the molecule is Cc1cc(C)c(C(=O)N2C3CCNCC2CC3)o1. The van der Waals surface area contributed by atoms with Crippen LogP contribution >= 0.6 is 0 Å². The minimum atomic E-state index is 0.0804. The van der Waals surface area contributed by atoms with Crippen LogP contribution in [0.25, 0.3) is 0 Å². The van der Waals surface area contributed by atoms with E-state index in [1.165, 1.54) is 0 Å². The van der Waals surface area contributed by atoms with E-state index in [1.54, 1.807) is 0 Å². The average Bonchev–Trinajstić information content (AvgIpc) is 2.76. The van der Waals surface area contributed by atoms with Gasteiger partial charge >= 0.3 is 0 Å². The molecule has 0 aliphatic carbocycles. The van der Waals surface area contributed by atoms with Gasteiger partial charge in [0.25, 0.3) is 5.91 Å². The van der Waals surface area contributed by atoms with E-state index in [4.69, 9.17) is 4.42 Å². The Kier molecular flexibility index (Phi) is 2.90. The molecule has 98 valence electrons. The number of fused-ring (bicyclic) bond motifs is 2. The second-order valence-electron chi connectivity index (χ2n) is 5.46. The summed E-state index contributed by atoms with van der Waals surface area (Å²) in [5.41, 5.74) is 0.953. The van der Waals surface area contributed by atoms with Gasteiger partial charge in [0.2, 0.25) is 0 Å². The van der Waals surface area contributed by atoms with E-state index in [2.05, 4.69) is 10.2 Å². The Balaban J connectivity index is 1.90. The third-order valence-corrected chi connectivity index (χ3v) is 4.12. The summed E-state index contributed by atoms with van der Waals surface area (Å²) in [7, 11) is 0. The van der Waals surface area contributed by atoms with Gasteiger partial charge in [0.05, 0.1) is 0 Å². The van der Waals surface area contributed by atoms with E-state index in [9.17, 15) is 4.79 Å². The van der Waals surface area contributed by atoms with Gasteiger partial charge in [-0.1, -0.05) is 0 Å². The first-order valence-corrected chi connectivity index (χ1v) is 6.77. The Bertz CT molecular complexity index is 452. The zero-order chi connectivity index (χ0) is 12.7. The molecule has 1 aromatic heterocycles. The van der Waals surface area contributed by atoms with Crippen LogP contribution in [0.3, 0.4) is 0 Å². The van der Waals surface area contributed by atoms with Gasteiger partial charge in [0.15, 0.2) is 5.76 Å². The Morgan fingerprint density at radius 3 is 2.83 bits per heavy atom. The molecule has 0 saturated carbocycles. The summed E-state index contributed by atoms with van der Waals surface area (Å²) in [4.78, 5) is 14.7. The zero-order valence-electron chi connectivity index (χ0n) is 11.0. The molecule has 2 unspecified atom stereocenters. The van der Waals surface area contributed by atoms with Crippen molar-refractivity contribution in [3.05, 3.63) is 23.2 Å². The van der Waals surface area contributed by atoms with Crippen LogP contribution in [0.5, 0.6) is 0 Å². The van der Waals surface area contributed by atoms with E-state index in [1.807, 2.05) is 19.9 Å². The molecule has 2 atom stereocenters. The third-order valence-electron chi connectivity index (χ3n) is 4.12. The largest absolute Gasteiger partial charge is 0.456 e. The molecule has 18 heavy (non-hydrogen) atoms. The first-order valence-electron chi connectivity index (χ1n) is 6.77. The molecule has 0 aromatic carbocycles. The molecular weight excluding hydrogens is 228 g/mol. The third kappa shape index (κ3) is 1.85. The van der Waals surface area contributed by atoms with Gasteiger partial charge in [0.1, 0.15) is 5.76 Å². The molecule has 1 aromatic rings. The minimum absolute atomic E-state index is 0.0804. The van der Waals surface area contributed by atoms with Crippen LogP contribution in [0, 0.1) is 13.8 Å². The highest BCUT2D eigenvalue weighted by molar-refractivity contribution is 5.93. The van der Waals surface area contributed by atoms with Gasteiger partial charge in [-0.2, -0.15) is 0 Å². The minimum Gasteiger partial charge on any atom is -0.456 e. The van der Waals surface area contributed by atoms with Crippen molar-refractivity contribution >= 4 is 5.91 Å². The number of nitrogens with one attached hydrogen (secondary N) is 1. The number of carbonyl (C=O) groups is 1. The Morgan fingerprint density at radius 2 is 2.11 bits per heavy atom. The van der Waals surface area contributed by atoms with Crippen molar-refractivity contribution in [2.24, 2.45) is 0 Å². The molecule has 3 rings (SSSR count). The highest BCUT2D eigenvalue weighted by Gasteiger charge is 2.39. The van der Waals surface area contributed by atoms with Gasteiger partial charge in [-0.05, 0) is 45.7 Å². The maximum absolute atomic E-state index is 12.7. The predicted molar refractivity (Wildman–Crippen MR) is 68.6 cm³/mol. The van der Waals surface area contributed by atoms with Crippen LogP contribution in [0.4, 0.5) is 0 Å². The first-order chi connectivity index (χ1) is 8.66. The lowest BCUT2D eigenvalue weighted by atomic mass is 10.1. The molecule has 2 saturated heterocycles. The fourth-order valence-electron chi connectivity index (χ4n) is 3.28. The fraction of sp³-hybridized carbons (Fsp3) is 0.643. The number of hydrogen-bond donors (Lipinski definition) is 1. The normalized spacial score (nSPS) is 27.3. The molecule has 1 N–H and O–H groups in total. The molecule has 2 bridgehead atoms. The Labute approximate surface area is 107 Å². The molecular formula is C14H20N2O2. The van der Waals surface area contributed by atoms with Crippen molar-refractivity contribution in [2.45, 2.75) is 45.2 Å². The summed E-state index contributed by atoms with van der Waals surface area (Å²) in [6.07, 6.45) is 3.31. The summed E-state index contributed by atoms with van der Waals surface area (Å²) < 4.78 is 5.58. The summed E-state index contributed by atoms with van der Waals surface area (Å²) >= 11 is 0. The smallest absolute Gasteiger partial charge is 0.290 e. The highest BCUT2D eigenvalue weighted by Crippen LogP contribution is 2.30. The van der Waals surface area contributed by atoms with Gasteiger partial charge < -0.3 is 14.6 Å². The summed E-state index contributed by atoms with van der Waals surface area (Å²) in [5, 5.41) is 3.41. The number of rotatable bonds is 1. The van der Waals surface area contributed by atoms with Crippen LogP contribution in [0.1, 0.15) is 41.1 Å². The number of carbonyl (C=O) groups excluding carboxylic acids is 1. The molecule has 4 nitrogen and oxygen atoms in total. The lowest BCUT2D eigenvalue weighted by Gasteiger charge is -2.27. The van der Waals surface area contributed by atoms with Crippen molar-refractivity contribution in [3.8, 4) is 0 Å². The van der Waals surface area contributed by atoms with E-state index in [-0.39, 0.29) is 5.91 Å². The van der Waals surface area contributed by atoms with Crippen molar-refractivity contribution in [3.63, 3.8) is 0 Å². The Hall–Kier alpha value is -1.29. The quantitative estimate of drug-likeness (QED) is 0.825.